The molecular weight excluding hydrogens is 286 g/mol. The van der Waals surface area contributed by atoms with Crippen molar-refractivity contribution in [1.29, 1.82) is 0 Å². The molecule has 2 heterocycles. The maximum Gasteiger partial charge on any atom is 0.220 e. The van der Waals surface area contributed by atoms with Crippen molar-refractivity contribution in [3.05, 3.63) is 48.4 Å². The standard InChI is InChI=1S/C19H23N3O/c23-19(12-15-5-2-1-3-6-15)22-13-16-8-10-21-18(11-16)17-7-4-9-20-14-17/h4,7-11,14-15H,1-3,5-6,12-13H2,(H,22,23). The summed E-state index contributed by atoms with van der Waals surface area (Å²) in [5.41, 5.74) is 2.94. The number of aromatic nitrogens is 2. The number of hydrogen-bond acceptors (Lipinski definition) is 3. The zero-order valence-electron chi connectivity index (χ0n) is 13.4. The highest BCUT2D eigenvalue weighted by molar-refractivity contribution is 5.76. The Morgan fingerprint density at radius 3 is 2.83 bits per heavy atom. The fraction of sp³-hybridized carbons (Fsp3) is 0.421. The lowest BCUT2D eigenvalue weighted by molar-refractivity contribution is -0.122. The van der Waals surface area contributed by atoms with Crippen LogP contribution in [0.3, 0.4) is 0 Å². The van der Waals surface area contributed by atoms with Crippen molar-refractivity contribution in [2.24, 2.45) is 5.92 Å². The van der Waals surface area contributed by atoms with Gasteiger partial charge in [0.1, 0.15) is 0 Å². The number of carbonyl (C=O) groups excluding carboxylic acids is 1. The van der Waals surface area contributed by atoms with E-state index < -0.39 is 0 Å². The summed E-state index contributed by atoms with van der Waals surface area (Å²) in [5.74, 6) is 0.740. The molecule has 0 saturated heterocycles. The lowest BCUT2D eigenvalue weighted by atomic mass is 9.87. The minimum atomic E-state index is 0.164. The minimum Gasteiger partial charge on any atom is -0.352 e. The molecule has 0 unspecified atom stereocenters. The van der Waals surface area contributed by atoms with Gasteiger partial charge in [-0.25, -0.2) is 0 Å². The number of amides is 1. The van der Waals surface area contributed by atoms with E-state index in [4.69, 9.17) is 0 Å². The lowest BCUT2D eigenvalue weighted by Gasteiger charge is -2.20. The summed E-state index contributed by atoms with van der Waals surface area (Å²) >= 11 is 0. The molecule has 1 aliphatic carbocycles. The molecule has 1 aliphatic rings. The molecule has 1 amide bonds. The van der Waals surface area contributed by atoms with Gasteiger partial charge < -0.3 is 5.32 Å². The van der Waals surface area contributed by atoms with E-state index in [0.29, 0.717) is 18.9 Å². The van der Waals surface area contributed by atoms with Gasteiger partial charge in [0.15, 0.2) is 0 Å². The summed E-state index contributed by atoms with van der Waals surface area (Å²) in [6.07, 6.45) is 12.3. The van der Waals surface area contributed by atoms with Crippen molar-refractivity contribution in [2.75, 3.05) is 0 Å². The molecule has 0 radical (unpaired) electrons. The van der Waals surface area contributed by atoms with E-state index in [0.717, 1.165) is 16.8 Å². The van der Waals surface area contributed by atoms with Crippen LogP contribution in [-0.4, -0.2) is 15.9 Å². The topological polar surface area (TPSA) is 54.9 Å². The molecule has 23 heavy (non-hydrogen) atoms. The van der Waals surface area contributed by atoms with Crippen LogP contribution in [0.5, 0.6) is 0 Å². The molecule has 0 atom stereocenters. The van der Waals surface area contributed by atoms with Crippen LogP contribution in [0.25, 0.3) is 11.3 Å². The second-order valence-electron chi connectivity index (χ2n) is 6.28. The summed E-state index contributed by atoms with van der Waals surface area (Å²) in [5, 5.41) is 3.04. The van der Waals surface area contributed by atoms with E-state index in [1.54, 1.807) is 18.6 Å². The second-order valence-corrected chi connectivity index (χ2v) is 6.28. The minimum absolute atomic E-state index is 0.164. The van der Waals surface area contributed by atoms with Crippen molar-refractivity contribution in [3.63, 3.8) is 0 Å². The fourth-order valence-corrected chi connectivity index (χ4v) is 3.18. The summed E-state index contributed by atoms with van der Waals surface area (Å²) in [6.45, 7) is 0.557. The predicted octanol–water partition coefficient (Wildman–Crippen LogP) is 3.73. The molecule has 2 aromatic heterocycles. The van der Waals surface area contributed by atoms with Crippen molar-refractivity contribution in [2.45, 2.75) is 45.1 Å². The van der Waals surface area contributed by atoms with E-state index in [1.807, 2.05) is 24.3 Å². The summed E-state index contributed by atoms with van der Waals surface area (Å²) in [4.78, 5) is 20.6. The molecule has 3 rings (SSSR count). The Kier molecular flexibility index (Phi) is 5.35. The monoisotopic (exact) mass is 309 g/mol. The maximum absolute atomic E-state index is 12.1. The molecule has 2 aromatic rings. The Morgan fingerprint density at radius 1 is 1.17 bits per heavy atom. The number of pyridine rings is 2. The molecule has 0 aliphatic heterocycles. The van der Waals surface area contributed by atoms with E-state index >= 15 is 0 Å². The zero-order chi connectivity index (χ0) is 15.9. The normalized spacial score (nSPS) is 15.3. The lowest BCUT2D eigenvalue weighted by Crippen LogP contribution is -2.25. The van der Waals surface area contributed by atoms with Crippen LogP contribution in [0.15, 0.2) is 42.9 Å². The third kappa shape index (κ3) is 4.62. The van der Waals surface area contributed by atoms with Gasteiger partial charge in [0, 0.05) is 37.1 Å². The fourth-order valence-electron chi connectivity index (χ4n) is 3.18. The van der Waals surface area contributed by atoms with Gasteiger partial charge in [0.05, 0.1) is 5.69 Å². The summed E-state index contributed by atoms with van der Waals surface area (Å²) in [6, 6.07) is 7.84. The Labute approximate surface area is 137 Å². The Hall–Kier alpha value is -2.23. The van der Waals surface area contributed by atoms with E-state index in [2.05, 4.69) is 15.3 Å². The van der Waals surface area contributed by atoms with Crippen molar-refractivity contribution in [1.82, 2.24) is 15.3 Å². The third-order valence-electron chi connectivity index (χ3n) is 4.47. The third-order valence-corrected chi connectivity index (χ3v) is 4.47. The first-order chi connectivity index (χ1) is 11.3. The van der Waals surface area contributed by atoms with Crippen molar-refractivity contribution < 1.29 is 4.79 Å². The SMILES string of the molecule is O=C(CC1CCCCC1)NCc1ccnc(-c2cccnc2)c1. The molecule has 1 fully saturated rings. The molecule has 1 N–H and O–H groups in total. The second kappa shape index (κ2) is 7.86. The van der Waals surface area contributed by atoms with Gasteiger partial charge in [-0.3, -0.25) is 14.8 Å². The number of nitrogens with zero attached hydrogens (tertiary/aromatic N) is 2. The van der Waals surface area contributed by atoms with Crippen LogP contribution in [0.2, 0.25) is 0 Å². The summed E-state index contributed by atoms with van der Waals surface area (Å²) < 4.78 is 0. The van der Waals surface area contributed by atoms with Gasteiger partial charge in [-0.1, -0.05) is 19.3 Å². The maximum atomic E-state index is 12.1. The average Bonchev–Trinajstić information content (AvgIpc) is 2.62. The van der Waals surface area contributed by atoms with Crippen LogP contribution in [-0.2, 0) is 11.3 Å². The van der Waals surface area contributed by atoms with Crippen molar-refractivity contribution in [3.8, 4) is 11.3 Å². The van der Waals surface area contributed by atoms with Gasteiger partial charge >= 0.3 is 0 Å². The first-order valence-corrected chi connectivity index (χ1v) is 8.43. The molecule has 0 aromatic carbocycles. The van der Waals surface area contributed by atoms with Gasteiger partial charge in [-0.15, -0.1) is 0 Å². The molecule has 4 heteroatoms. The largest absolute Gasteiger partial charge is 0.352 e. The Morgan fingerprint density at radius 2 is 2.04 bits per heavy atom. The number of hydrogen-bond donors (Lipinski definition) is 1. The van der Waals surface area contributed by atoms with Crippen molar-refractivity contribution >= 4 is 5.91 Å². The highest BCUT2D eigenvalue weighted by Gasteiger charge is 2.16. The number of nitrogens with one attached hydrogen (secondary N) is 1. The first kappa shape index (κ1) is 15.7. The summed E-state index contributed by atoms with van der Waals surface area (Å²) in [7, 11) is 0. The van der Waals surface area contributed by atoms with Gasteiger partial charge in [0.25, 0.3) is 0 Å². The van der Waals surface area contributed by atoms with E-state index in [-0.39, 0.29) is 5.91 Å². The molecule has 4 nitrogen and oxygen atoms in total. The van der Waals surface area contributed by atoms with Gasteiger partial charge in [0.2, 0.25) is 5.91 Å². The Bertz CT molecular complexity index is 636. The zero-order valence-corrected chi connectivity index (χ0v) is 13.4. The average molecular weight is 309 g/mol. The van der Waals surface area contributed by atoms with Crippen LogP contribution >= 0.6 is 0 Å². The molecular formula is C19H23N3O. The molecule has 120 valence electrons. The molecule has 1 saturated carbocycles. The van der Waals surface area contributed by atoms with Crippen LogP contribution in [0.4, 0.5) is 0 Å². The van der Waals surface area contributed by atoms with E-state index in [1.165, 1.54) is 32.1 Å². The quantitative estimate of drug-likeness (QED) is 0.915. The predicted molar refractivity (Wildman–Crippen MR) is 90.5 cm³/mol. The van der Waals surface area contributed by atoms with Crippen LogP contribution in [0.1, 0.15) is 44.1 Å². The van der Waals surface area contributed by atoms with Gasteiger partial charge in [-0.05, 0) is 48.6 Å². The smallest absolute Gasteiger partial charge is 0.220 e. The van der Waals surface area contributed by atoms with Crippen LogP contribution < -0.4 is 5.32 Å². The number of carbonyl (C=O) groups is 1. The molecule has 0 bridgehead atoms. The number of rotatable bonds is 5. The van der Waals surface area contributed by atoms with Gasteiger partial charge in [-0.2, -0.15) is 0 Å². The highest BCUT2D eigenvalue weighted by Crippen LogP contribution is 2.26. The first-order valence-electron chi connectivity index (χ1n) is 8.43. The van der Waals surface area contributed by atoms with Crippen LogP contribution in [0, 0.1) is 5.92 Å². The molecule has 0 spiro atoms. The van der Waals surface area contributed by atoms with E-state index in [9.17, 15) is 4.79 Å². The Balaban J connectivity index is 1.55. The highest BCUT2D eigenvalue weighted by atomic mass is 16.1.